The maximum atomic E-state index is 10.2. The van der Waals surface area contributed by atoms with Gasteiger partial charge in [-0.1, -0.05) is 38.0 Å². The Morgan fingerprint density at radius 2 is 1.62 bits per heavy atom. The summed E-state index contributed by atoms with van der Waals surface area (Å²) in [5.74, 6) is 1.07. The summed E-state index contributed by atoms with van der Waals surface area (Å²) in [6.45, 7) is 10.1. The number of phenolic OH excluding ortho intramolecular Hbond substituents is 2. The predicted molar refractivity (Wildman–Crippen MR) is 169 cm³/mol. The van der Waals surface area contributed by atoms with E-state index in [9.17, 15) is 10.2 Å². The Balaban J connectivity index is 0.00000253. The Bertz CT molecular complexity index is 974. The van der Waals surface area contributed by atoms with Gasteiger partial charge < -0.3 is 24.7 Å². The number of hydrogen-bond donors (Lipinski definition) is 2. The highest BCUT2D eigenvalue weighted by atomic mass is 35.5. The van der Waals surface area contributed by atoms with E-state index in [-0.39, 0.29) is 48.7 Å². The number of anilines is 1. The van der Waals surface area contributed by atoms with Gasteiger partial charge in [-0.2, -0.15) is 0 Å². The third-order valence-corrected chi connectivity index (χ3v) is 8.04. The number of methoxy groups -OCH3 is 1. The van der Waals surface area contributed by atoms with Crippen LogP contribution in [-0.2, 0) is 12.8 Å². The zero-order valence-electron chi connectivity index (χ0n) is 23.5. The lowest BCUT2D eigenvalue weighted by Gasteiger charge is -2.36. The first-order valence-corrected chi connectivity index (χ1v) is 14.0. The van der Waals surface area contributed by atoms with Crippen LogP contribution >= 0.6 is 37.2 Å². The molecule has 0 spiro atoms. The lowest BCUT2D eigenvalue weighted by atomic mass is 9.86. The predicted octanol–water partition coefficient (Wildman–Crippen LogP) is 6.32. The molecule has 2 aliphatic rings. The highest BCUT2D eigenvalue weighted by Gasteiger charge is 2.26. The molecular formula is C30H48Cl3N3O3. The van der Waals surface area contributed by atoms with Crippen LogP contribution in [0.1, 0.15) is 56.6 Å². The summed E-state index contributed by atoms with van der Waals surface area (Å²) >= 11 is 0. The molecule has 0 amide bonds. The van der Waals surface area contributed by atoms with Crippen molar-refractivity contribution in [1.82, 2.24) is 9.80 Å². The number of hydrogen-bond acceptors (Lipinski definition) is 6. The maximum absolute atomic E-state index is 10.2. The van der Waals surface area contributed by atoms with E-state index in [0.29, 0.717) is 6.04 Å². The molecule has 1 aliphatic heterocycles. The molecule has 1 saturated heterocycles. The molecule has 4 rings (SSSR count). The average molecular weight is 605 g/mol. The van der Waals surface area contributed by atoms with Crippen molar-refractivity contribution in [2.24, 2.45) is 0 Å². The van der Waals surface area contributed by atoms with Crippen LogP contribution in [-0.4, -0.2) is 79.0 Å². The fourth-order valence-corrected chi connectivity index (χ4v) is 5.99. The SMILES string of the molecule is CCCN(CCCCCCN1CCN(c2ccccc2OC)CC1)[C@H]1CCc2c(ccc(O)c2O)C1.Cl.Cl.Cl. The van der Waals surface area contributed by atoms with Gasteiger partial charge in [0.1, 0.15) is 5.75 Å². The van der Waals surface area contributed by atoms with E-state index in [0.717, 1.165) is 69.8 Å². The highest BCUT2D eigenvalue weighted by molar-refractivity contribution is 5.86. The average Bonchev–Trinajstić information content (AvgIpc) is 2.92. The number of benzene rings is 2. The van der Waals surface area contributed by atoms with E-state index in [1.54, 1.807) is 13.2 Å². The van der Waals surface area contributed by atoms with Gasteiger partial charge in [-0.05, 0) is 81.9 Å². The molecule has 39 heavy (non-hydrogen) atoms. The Hall–Kier alpha value is -1.57. The molecule has 1 aliphatic carbocycles. The molecule has 1 heterocycles. The quantitative estimate of drug-likeness (QED) is 0.218. The molecule has 2 aromatic carbocycles. The molecule has 0 radical (unpaired) electrons. The van der Waals surface area contributed by atoms with Gasteiger partial charge in [0.15, 0.2) is 11.5 Å². The number of nitrogens with zero attached hydrogens (tertiary/aromatic N) is 3. The van der Waals surface area contributed by atoms with E-state index < -0.39 is 0 Å². The standard InChI is InChI=1S/C30H45N3O3.3ClH/c1-3-16-32(25-13-14-26-24(23-25)12-15-28(34)30(26)35)18-9-5-4-8-17-31-19-21-33(22-20-31)27-10-6-7-11-29(27)36-2;;;/h6-7,10-12,15,25,34-35H,3-5,8-9,13-14,16-23H2,1-2H3;3*1H/t25-;;;/m0.../s1. The number of unbranched alkanes of at least 4 members (excludes halogenated alkanes) is 3. The van der Waals surface area contributed by atoms with Gasteiger partial charge in [0.2, 0.25) is 0 Å². The third kappa shape index (κ3) is 9.50. The van der Waals surface area contributed by atoms with Gasteiger partial charge in [0, 0.05) is 37.8 Å². The van der Waals surface area contributed by atoms with Crippen LogP contribution in [0.25, 0.3) is 0 Å². The fraction of sp³-hybridized carbons (Fsp3) is 0.600. The molecule has 0 unspecified atom stereocenters. The van der Waals surface area contributed by atoms with Crippen molar-refractivity contribution in [2.75, 3.05) is 57.8 Å². The van der Waals surface area contributed by atoms with E-state index in [2.05, 4.69) is 33.8 Å². The molecule has 0 saturated carbocycles. The van der Waals surface area contributed by atoms with E-state index in [1.807, 2.05) is 18.2 Å². The summed E-state index contributed by atoms with van der Waals surface area (Å²) in [5, 5.41) is 20.0. The fourth-order valence-electron chi connectivity index (χ4n) is 5.99. The third-order valence-electron chi connectivity index (χ3n) is 8.04. The van der Waals surface area contributed by atoms with Crippen LogP contribution in [0.15, 0.2) is 36.4 Å². The zero-order chi connectivity index (χ0) is 25.3. The molecule has 1 fully saturated rings. The lowest BCUT2D eigenvalue weighted by Crippen LogP contribution is -2.46. The van der Waals surface area contributed by atoms with Crippen molar-refractivity contribution >= 4 is 42.9 Å². The highest BCUT2D eigenvalue weighted by Crippen LogP contribution is 2.37. The first-order chi connectivity index (χ1) is 17.6. The van der Waals surface area contributed by atoms with Crippen molar-refractivity contribution in [3.8, 4) is 17.2 Å². The summed E-state index contributed by atoms with van der Waals surface area (Å²) in [6, 6.07) is 12.5. The summed E-state index contributed by atoms with van der Waals surface area (Å²) in [6.07, 6.45) is 9.19. The van der Waals surface area contributed by atoms with Crippen molar-refractivity contribution < 1.29 is 14.9 Å². The van der Waals surface area contributed by atoms with Crippen molar-refractivity contribution in [2.45, 2.75) is 64.3 Å². The van der Waals surface area contributed by atoms with Crippen molar-refractivity contribution in [3.05, 3.63) is 47.5 Å². The molecule has 0 bridgehead atoms. The first-order valence-electron chi connectivity index (χ1n) is 14.0. The van der Waals surface area contributed by atoms with E-state index >= 15 is 0 Å². The number of ether oxygens (including phenoxy) is 1. The molecule has 1 atom stereocenters. The molecule has 0 aromatic heterocycles. The Morgan fingerprint density at radius 1 is 0.897 bits per heavy atom. The Morgan fingerprint density at radius 3 is 2.33 bits per heavy atom. The number of rotatable bonds is 12. The summed E-state index contributed by atoms with van der Waals surface area (Å²) < 4.78 is 5.55. The molecule has 6 nitrogen and oxygen atoms in total. The topological polar surface area (TPSA) is 59.4 Å². The Labute approximate surface area is 253 Å². The summed E-state index contributed by atoms with van der Waals surface area (Å²) in [7, 11) is 1.75. The zero-order valence-corrected chi connectivity index (χ0v) is 26.0. The monoisotopic (exact) mass is 603 g/mol. The van der Waals surface area contributed by atoms with Crippen LogP contribution in [0.3, 0.4) is 0 Å². The van der Waals surface area contributed by atoms with Crippen LogP contribution in [0.4, 0.5) is 5.69 Å². The normalized spacial score (nSPS) is 17.0. The van der Waals surface area contributed by atoms with Crippen LogP contribution in [0.5, 0.6) is 17.2 Å². The van der Waals surface area contributed by atoms with Gasteiger partial charge in [-0.3, -0.25) is 4.90 Å². The number of fused-ring (bicyclic) bond motifs is 1. The number of para-hydroxylation sites is 2. The van der Waals surface area contributed by atoms with Gasteiger partial charge in [-0.25, -0.2) is 0 Å². The number of halogens is 3. The van der Waals surface area contributed by atoms with Gasteiger partial charge in [-0.15, -0.1) is 37.2 Å². The second-order valence-corrected chi connectivity index (χ2v) is 10.4. The summed E-state index contributed by atoms with van der Waals surface area (Å²) in [5.41, 5.74) is 3.37. The van der Waals surface area contributed by atoms with E-state index in [4.69, 9.17) is 4.74 Å². The minimum absolute atomic E-state index is 0. The maximum Gasteiger partial charge on any atom is 0.160 e. The molecular weight excluding hydrogens is 557 g/mol. The smallest absolute Gasteiger partial charge is 0.160 e. The molecule has 2 N–H and O–H groups in total. The molecule has 9 heteroatoms. The molecule has 222 valence electrons. The Kier molecular flexibility index (Phi) is 16.3. The van der Waals surface area contributed by atoms with Crippen LogP contribution in [0.2, 0.25) is 0 Å². The summed E-state index contributed by atoms with van der Waals surface area (Å²) in [4.78, 5) is 7.73. The minimum Gasteiger partial charge on any atom is -0.504 e. The van der Waals surface area contributed by atoms with Crippen LogP contribution < -0.4 is 9.64 Å². The number of phenols is 2. The second-order valence-electron chi connectivity index (χ2n) is 10.4. The largest absolute Gasteiger partial charge is 0.504 e. The van der Waals surface area contributed by atoms with E-state index in [1.165, 1.54) is 49.9 Å². The van der Waals surface area contributed by atoms with Crippen molar-refractivity contribution in [3.63, 3.8) is 0 Å². The van der Waals surface area contributed by atoms with Crippen LogP contribution in [0, 0.1) is 0 Å². The number of piperazine rings is 1. The first kappa shape index (κ1) is 35.5. The van der Waals surface area contributed by atoms with Gasteiger partial charge in [0.05, 0.1) is 12.8 Å². The van der Waals surface area contributed by atoms with Crippen molar-refractivity contribution in [1.29, 1.82) is 0 Å². The minimum atomic E-state index is 0. The van der Waals surface area contributed by atoms with Gasteiger partial charge >= 0.3 is 0 Å². The second kappa shape index (κ2) is 18.0. The lowest BCUT2D eigenvalue weighted by molar-refractivity contribution is 0.174. The van der Waals surface area contributed by atoms with Gasteiger partial charge in [0.25, 0.3) is 0 Å². The number of aromatic hydroxyl groups is 2. The molecule has 2 aromatic rings.